The van der Waals surface area contributed by atoms with Crippen LogP contribution < -0.4 is 24.3 Å². The van der Waals surface area contributed by atoms with E-state index in [1.54, 1.807) is 31.2 Å². The van der Waals surface area contributed by atoms with E-state index < -0.39 is 11.9 Å². The van der Waals surface area contributed by atoms with Crippen LogP contribution in [0.1, 0.15) is 22.8 Å². The van der Waals surface area contributed by atoms with Crippen molar-refractivity contribution in [2.45, 2.75) is 12.1 Å². The number of rotatable bonds is 10. The number of esters is 1. The van der Waals surface area contributed by atoms with Crippen LogP contribution in [-0.2, 0) is 4.79 Å². The van der Waals surface area contributed by atoms with Crippen LogP contribution >= 0.6 is 23.3 Å². The second-order valence-electron chi connectivity index (χ2n) is 6.81. The Balaban J connectivity index is 1.82. The number of carbonyl (C=O) groups excluding carboxylic acids is 2. The molecule has 1 amide bonds. The van der Waals surface area contributed by atoms with E-state index in [-0.39, 0.29) is 27.8 Å². The van der Waals surface area contributed by atoms with E-state index in [1.807, 2.05) is 12.3 Å². The van der Waals surface area contributed by atoms with Crippen molar-refractivity contribution in [1.82, 2.24) is 9.36 Å². The highest BCUT2D eigenvalue weighted by molar-refractivity contribution is 7.98. The van der Waals surface area contributed by atoms with Crippen LogP contribution in [0.15, 0.2) is 47.1 Å². The molecule has 0 fully saturated rings. The third-order valence-corrected chi connectivity index (χ3v) is 5.87. The second kappa shape index (κ2) is 12.6. The Labute approximate surface area is 216 Å². The van der Waals surface area contributed by atoms with Gasteiger partial charge in [0.15, 0.2) is 23.0 Å². The molecular formula is C24H22N4O6S2. The number of amides is 1. The lowest BCUT2D eigenvalue weighted by Crippen LogP contribution is -2.13. The average Bonchev–Trinajstić information content (AvgIpc) is 3.35. The number of hydrogen-bond acceptors (Lipinski definition) is 11. The molecule has 3 rings (SSSR count). The molecule has 36 heavy (non-hydrogen) atoms. The van der Waals surface area contributed by atoms with Crippen molar-refractivity contribution >= 4 is 46.4 Å². The van der Waals surface area contributed by atoms with Gasteiger partial charge in [-0.1, -0.05) is 17.8 Å². The summed E-state index contributed by atoms with van der Waals surface area (Å²) in [4.78, 5) is 29.4. The molecule has 0 saturated heterocycles. The van der Waals surface area contributed by atoms with Gasteiger partial charge >= 0.3 is 5.97 Å². The molecule has 0 unspecified atom stereocenters. The van der Waals surface area contributed by atoms with Gasteiger partial charge in [0.1, 0.15) is 11.6 Å². The van der Waals surface area contributed by atoms with Gasteiger partial charge in [-0.05, 0) is 55.2 Å². The van der Waals surface area contributed by atoms with Gasteiger partial charge in [-0.25, -0.2) is 4.79 Å². The maximum atomic E-state index is 12.7. The molecule has 0 bridgehead atoms. The Morgan fingerprint density at radius 2 is 1.86 bits per heavy atom. The fourth-order valence-electron chi connectivity index (χ4n) is 2.91. The Morgan fingerprint density at radius 3 is 2.50 bits per heavy atom. The summed E-state index contributed by atoms with van der Waals surface area (Å²) in [6.07, 6.45) is 3.22. The van der Waals surface area contributed by atoms with Crippen LogP contribution in [0.5, 0.6) is 23.0 Å². The van der Waals surface area contributed by atoms with Crippen LogP contribution in [0, 0.1) is 11.3 Å². The van der Waals surface area contributed by atoms with Gasteiger partial charge in [-0.2, -0.15) is 14.6 Å². The average molecular weight is 527 g/mol. The normalized spacial score (nSPS) is 10.8. The lowest BCUT2D eigenvalue weighted by molar-refractivity contribution is -0.112. The summed E-state index contributed by atoms with van der Waals surface area (Å²) < 4.78 is 25.7. The fraction of sp³-hybridized carbons (Fsp3) is 0.208. The van der Waals surface area contributed by atoms with Gasteiger partial charge in [0, 0.05) is 11.5 Å². The molecule has 3 aromatic rings. The van der Waals surface area contributed by atoms with Gasteiger partial charge in [-0.15, -0.1) is 0 Å². The van der Waals surface area contributed by atoms with Crippen LogP contribution in [0.2, 0.25) is 0 Å². The zero-order chi connectivity index (χ0) is 26.1. The number of anilines is 1. The molecule has 0 spiro atoms. The van der Waals surface area contributed by atoms with Gasteiger partial charge in [0.05, 0.1) is 26.4 Å². The van der Waals surface area contributed by atoms with Crippen LogP contribution in [-0.4, -0.2) is 48.3 Å². The first-order chi connectivity index (χ1) is 17.4. The number of nitrogens with one attached hydrogen (secondary N) is 1. The molecule has 0 aliphatic rings. The minimum atomic E-state index is -0.626. The Morgan fingerprint density at radius 1 is 1.11 bits per heavy atom. The summed E-state index contributed by atoms with van der Waals surface area (Å²) in [5.41, 5.74) is 0.607. The molecule has 2 aromatic carbocycles. The van der Waals surface area contributed by atoms with E-state index in [1.165, 1.54) is 44.2 Å². The van der Waals surface area contributed by atoms with Crippen molar-refractivity contribution in [3.8, 4) is 29.1 Å². The highest BCUT2D eigenvalue weighted by Crippen LogP contribution is 2.32. The molecule has 0 aliphatic carbocycles. The third kappa shape index (κ3) is 6.53. The molecule has 0 atom stereocenters. The predicted octanol–water partition coefficient (Wildman–Crippen LogP) is 4.44. The SMILES string of the molecule is CCOc1cc(/C=C(/C#N)C(=O)Nc2nc(SC)ns2)ccc1OC(=O)c1ccc(OC)c(OC)c1. The second-order valence-corrected chi connectivity index (χ2v) is 8.33. The Kier molecular flexibility index (Phi) is 9.26. The largest absolute Gasteiger partial charge is 0.493 e. The summed E-state index contributed by atoms with van der Waals surface area (Å²) in [6.45, 7) is 2.08. The van der Waals surface area contributed by atoms with Crippen molar-refractivity contribution in [2.24, 2.45) is 0 Å². The molecule has 186 valence electrons. The third-order valence-electron chi connectivity index (χ3n) is 4.58. The number of hydrogen-bond donors (Lipinski definition) is 1. The quantitative estimate of drug-likeness (QED) is 0.133. The van der Waals surface area contributed by atoms with Crippen LogP contribution in [0.4, 0.5) is 5.13 Å². The monoisotopic (exact) mass is 526 g/mol. The summed E-state index contributed by atoms with van der Waals surface area (Å²) in [5, 5.41) is 12.9. The van der Waals surface area contributed by atoms with E-state index in [0.29, 0.717) is 28.8 Å². The molecule has 0 radical (unpaired) electrons. The summed E-state index contributed by atoms with van der Waals surface area (Å²) in [7, 11) is 2.97. The minimum Gasteiger partial charge on any atom is -0.493 e. The van der Waals surface area contributed by atoms with E-state index in [0.717, 1.165) is 11.5 Å². The van der Waals surface area contributed by atoms with Gasteiger partial charge in [0.2, 0.25) is 10.3 Å². The summed E-state index contributed by atoms with van der Waals surface area (Å²) in [5.74, 6) is 0.0650. The zero-order valence-electron chi connectivity index (χ0n) is 19.9. The first-order valence-corrected chi connectivity index (χ1v) is 12.4. The van der Waals surface area contributed by atoms with Crippen molar-refractivity contribution in [3.05, 3.63) is 53.1 Å². The molecule has 12 heteroatoms. The Hall–Kier alpha value is -4.08. The van der Waals surface area contributed by atoms with E-state index in [4.69, 9.17) is 18.9 Å². The lowest BCUT2D eigenvalue weighted by atomic mass is 10.1. The van der Waals surface area contributed by atoms with Gasteiger partial charge in [0.25, 0.3) is 5.91 Å². The van der Waals surface area contributed by atoms with Crippen molar-refractivity contribution in [3.63, 3.8) is 0 Å². The summed E-state index contributed by atoms with van der Waals surface area (Å²) in [6, 6.07) is 11.2. The maximum Gasteiger partial charge on any atom is 0.343 e. The molecular weight excluding hydrogens is 504 g/mol. The molecule has 1 heterocycles. The molecule has 0 aliphatic heterocycles. The lowest BCUT2D eigenvalue weighted by Gasteiger charge is -2.13. The van der Waals surface area contributed by atoms with E-state index in [2.05, 4.69) is 14.7 Å². The molecule has 0 saturated carbocycles. The standard InChI is InChI=1S/C24H22N4O6S2/c1-5-33-20-11-14(10-16(13-25)21(29)26-23-27-24(35-4)28-36-23)6-8-18(20)34-22(30)15-7-9-17(31-2)19(12-15)32-3/h6-12H,5H2,1-4H3,(H,26,27,28,29)/b16-10-. The van der Waals surface area contributed by atoms with E-state index >= 15 is 0 Å². The number of ether oxygens (including phenoxy) is 4. The Bertz CT molecular complexity index is 1330. The van der Waals surface area contributed by atoms with Gasteiger partial charge < -0.3 is 18.9 Å². The van der Waals surface area contributed by atoms with Crippen molar-refractivity contribution in [2.75, 3.05) is 32.4 Å². The number of carbonyl (C=O) groups is 2. The number of thioether (sulfide) groups is 1. The zero-order valence-corrected chi connectivity index (χ0v) is 21.5. The maximum absolute atomic E-state index is 12.7. The smallest absolute Gasteiger partial charge is 0.343 e. The first-order valence-electron chi connectivity index (χ1n) is 10.4. The molecule has 1 N–H and O–H groups in total. The highest BCUT2D eigenvalue weighted by Gasteiger charge is 2.17. The van der Waals surface area contributed by atoms with Crippen LogP contribution in [0.3, 0.4) is 0 Å². The van der Waals surface area contributed by atoms with E-state index in [9.17, 15) is 14.9 Å². The highest BCUT2D eigenvalue weighted by atomic mass is 32.2. The summed E-state index contributed by atoms with van der Waals surface area (Å²) >= 11 is 2.36. The van der Waals surface area contributed by atoms with Crippen LogP contribution in [0.25, 0.3) is 6.08 Å². The van der Waals surface area contributed by atoms with Crippen molar-refractivity contribution < 1.29 is 28.5 Å². The van der Waals surface area contributed by atoms with Gasteiger partial charge in [-0.3, -0.25) is 10.1 Å². The number of methoxy groups -OCH3 is 2. The molecule has 10 nitrogen and oxygen atoms in total. The minimum absolute atomic E-state index is 0.145. The number of benzene rings is 2. The number of nitriles is 1. The van der Waals surface area contributed by atoms with Crippen molar-refractivity contribution in [1.29, 1.82) is 5.26 Å². The topological polar surface area (TPSA) is 133 Å². The number of nitrogens with zero attached hydrogens (tertiary/aromatic N) is 3. The molecule has 1 aromatic heterocycles. The fourth-order valence-corrected chi connectivity index (χ4v) is 4.03. The first kappa shape index (κ1) is 26.5. The number of aromatic nitrogens is 2. The predicted molar refractivity (Wildman–Crippen MR) is 136 cm³/mol.